The zero-order valence-corrected chi connectivity index (χ0v) is 23.8. The molecular weight excluding hydrogens is 541 g/mol. The molecule has 2 atom stereocenters. The van der Waals surface area contributed by atoms with Crippen molar-refractivity contribution in [1.82, 2.24) is 15.0 Å². The van der Waals surface area contributed by atoms with Crippen LogP contribution in [0.5, 0.6) is 0 Å². The maximum absolute atomic E-state index is 13.2. The summed E-state index contributed by atoms with van der Waals surface area (Å²) < 4.78 is 39.5. The monoisotopic (exact) mass is 574 g/mol. The van der Waals surface area contributed by atoms with E-state index in [1.54, 1.807) is 18.3 Å². The van der Waals surface area contributed by atoms with E-state index in [0.717, 1.165) is 28.3 Å². The third-order valence-corrected chi connectivity index (χ3v) is 8.20. The molecule has 0 aliphatic heterocycles. The largest absolute Gasteiger partial charge is 0.481 e. The summed E-state index contributed by atoms with van der Waals surface area (Å²) in [5.74, 6) is -1.60. The molecule has 0 amide bonds. The molecule has 0 saturated heterocycles. The predicted octanol–water partition coefficient (Wildman–Crippen LogP) is 7.52. The van der Waals surface area contributed by atoms with E-state index in [9.17, 15) is 28.2 Å². The first-order valence-electron chi connectivity index (χ1n) is 12.9. The summed E-state index contributed by atoms with van der Waals surface area (Å²) in [4.78, 5) is 24.5. The molecule has 1 fully saturated rings. The maximum Gasteiger partial charge on any atom is 0.433 e. The fourth-order valence-corrected chi connectivity index (χ4v) is 6.04. The maximum atomic E-state index is 13.2. The average Bonchev–Trinajstić information content (AvgIpc) is 3.32. The Morgan fingerprint density at radius 1 is 1.18 bits per heavy atom. The lowest BCUT2D eigenvalue weighted by molar-refractivity contribution is -0.154. The molecule has 214 valence electrons. The molecule has 7 nitrogen and oxygen atoms in total. The van der Waals surface area contributed by atoms with Crippen LogP contribution < -0.4 is 5.32 Å². The van der Waals surface area contributed by atoms with Gasteiger partial charge in [0.05, 0.1) is 10.8 Å². The second kappa shape index (κ2) is 10.6. The molecule has 1 aliphatic carbocycles. The number of thiazole rings is 1. The number of rotatable bonds is 6. The van der Waals surface area contributed by atoms with Gasteiger partial charge in [0.1, 0.15) is 16.3 Å². The number of carboxylic acid groups (broad SMARTS) is 1. The van der Waals surface area contributed by atoms with E-state index in [-0.39, 0.29) is 24.2 Å². The molecule has 0 bridgehead atoms. The van der Waals surface area contributed by atoms with Crippen LogP contribution in [-0.4, -0.2) is 31.1 Å². The number of benzene rings is 1. The van der Waals surface area contributed by atoms with Crippen molar-refractivity contribution in [2.45, 2.75) is 65.7 Å². The molecule has 0 unspecified atom stereocenters. The number of alkyl halides is 3. The Hall–Kier alpha value is -3.31. The van der Waals surface area contributed by atoms with Gasteiger partial charge in [-0.2, -0.15) is 13.2 Å². The molecular formula is C29H33F3N4O3S. The highest BCUT2D eigenvalue weighted by molar-refractivity contribution is 7.15. The van der Waals surface area contributed by atoms with E-state index in [1.165, 1.54) is 11.3 Å². The van der Waals surface area contributed by atoms with Gasteiger partial charge < -0.3 is 15.5 Å². The minimum Gasteiger partial charge on any atom is -0.481 e. The molecule has 0 radical (unpaired) electrons. The lowest BCUT2D eigenvalue weighted by atomic mass is 9.63. The van der Waals surface area contributed by atoms with Gasteiger partial charge in [-0.3, -0.25) is 4.79 Å². The highest BCUT2D eigenvalue weighted by Crippen LogP contribution is 2.51. The Labute approximate surface area is 235 Å². The van der Waals surface area contributed by atoms with Crippen LogP contribution in [0.3, 0.4) is 0 Å². The highest BCUT2D eigenvalue weighted by Gasteiger charge is 2.49. The molecule has 1 aromatic carbocycles. The summed E-state index contributed by atoms with van der Waals surface area (Å²) >= 11 is 1.31. The van der Waals surface area contributed by atoms with Crippen molar-refractivity contribution in [2.24, 2.45) is 16.7 Å². The van der Waals surface area contributed by atoms with Gasteiger partial charge in [-0.25, -0.2) is 15.0 Å². The van der Waals surface area contributed by atoms with Crippen LogP contribution in [-0.2, 0) is 16.6 Å². The number of nitrogens with zero attached hydrogens (tertiary/aromatic N) is 3. The van der Waals surface area contributed by atoms with Crippen molar-refractivity contribution in [3.63, 3.8) is 0 Å². The third-order valence-electron chi connectivity index (χ3n) is 6.96. The normalized spacial score (nSPS) is 21.5. The topological polar surface area (TPSA) is 108 Å². The number of carbonyl (C=O) groups is 1. The molecule has 2 heterocycles. The van der Waals surface area contributed by atoms with Crippen molar-refractivity contribution in [3.8, 4) is 10.4 Å². The van der Waals surface area contributed by atoms with Gasteiger partial charge in [-0.1, -0.05) is 46.8 Å². The van der Waals surface area contributed by atoms with Crippen LogP contribution in [0.4, 0.5) is 24.8 Å². The Morgan fingerprint density at radius 3 is 2.52 bits per heavy atom. The van der Waals surface area contributed by atoms with E-state index >= 15 is 0 Å². The number of allylic oxidation sites excluding steroid dienone is 1. The first kappa shape index (κ1) is 29.7. The van der Waals surface area contributed by atoms with Crippen LogP contribution in [0.15, 0.2) is 42.7 Å². The number of hydrogen-bond donors (Lipinski definition) is 3. The number of aliphatic hydroxyl groups is 1. The van der Waals surface area contributed by atoms with Gasteiger partial charge in [0.2, 0.25) is 5.95 Å². The second-order valence-corrected chi connectivity index (χ2v) is 13.1. The molecule has 3 N–H and O–H groups in total. The molecule has 1 aliphatic rings. The molecule has 40 heavy (non-hydrogen) atoms. The SMILES string of the molecule is CC(C)(C)C=Cc1cc(Nc2nccc(C(F)(F)F)n2)cc(-c2cnc([C@@]3(O)CC[C@H](C(=O)O)C(C)(C)C3)s2)c1. The molecule has 0 spiro atoms. The summed E-state index contributed by atoms with van der Waals surface area (Å²) in [6.45, 7) is 9.87. The van der Waals surface area contributed by atoms with Crippen molar-refractivity contribution in [1.29, 1.82) is 0 Å². The number of halogens is 3. The number of carboxylic acids is 1. The predicted molar refractivity (Wildman–Crippen MR) is 149 cm³/mol. The smallest absolute Gasteiger partial charge is 0.433 e. The van der Waals surface area contributed by atoms with Gasteiger partial charge in [0, 0.05) is 18.1 Å². The Kier molecular flexibility index (Phi) is 7.85. The number of aliphatic carboxylic acids is 1. The summed E-state index contributed by atoms with van der Waals surface area (Å²) in [7, 11) is 0. The second-order valence-electron chi connectivity index (χ2n) is 12.1. The zero-order valence-electron chi connectivity index (χ0n) is 23.0. The summed E-state index contributed by atoms with van der Waals surface area (Å²) in [5, 5.41) is 24.5. The van der Waals surface area contributed by atoms with Crippen LogP contribution in [0.1, 0.15) is 70.1 Å². The summed E-state index contributed by atoms with van der Waals surface area (Å²) in [6.07, 6.45) is 2.97. The van der Waals surface area contributed by atoms with Gasteiger partial charge in [0.25, 0.3) is 0 Å². The standard InChI is InChI=1S/C29H33F3N4O3S/c1-26(2,3)9-6-17-12-18(14-19(13-17)35-25-33-11-8-22(36-25)29(30,31)32)21-15-34-24(40-21)28(39)10-7-20(23(37)38)27(4,5)16-28/h6,8-9,11-15,20,39H,7,10,16H2,1-5H3,(H,37,38)(H,33,35,36)/t20-,28-/m1/s1. The fraction of sp³-hybridized carbons (Fsp3) is 0.448. The minimum atomic E-state index is -4.60. The Bertz CT molecular complexity index is 1430. The van der Waals surface area contributed by atoms with Crippen LogP contribution in [0, 0.1) is 16.7 Å². The average molecular weight is 575 g/mol. The number of aromatic nitrogens is 3. The molecule has 1 saturated carbocycles. The van der Waals surface area contributed by atoms with Crippen molar-refractivity contribution >= 4 is 35.0 Å². The van der Waals surface area contributed by atoms with Gasteiger partial charge in [-0.05, 0) is 65.5 Å². The van der Waals surface area contributed by atoms with Crippen LogP contribution in [0.25, 0.3) is 16.5 Å². The molecule has 4 rings (SSSR count). The van der Waals surface area contributed by atoms with E-state index in [1.807, 2.05) is 32.1 Å². The van der Waals surface area contributed by atoms with Gasteiger partial charge in [-0.15, -0.1) is 11.3 Å². The summed E-state index contributed by atoms with van der Waals surface area (Å²) in [6, 6.07) is 6.31. The highest BCUT2D eigenvalue weighted by atomic mass is 32.1. The summed E-state index contributed by atoms with van der Waals surface area (Å²) in [5.41, 5.74) is -0.984. The van der Waals surface area contributed by atoms with E-state index < -0.39 is 34.8 Å². The minimum absolute atomic E-state index is 0.101. The van der Waals surface area contributed by atoms with E-state index in [2.05, 4.69) is 41.0 Å². The van der Waals surface area contributed by atoms with Crippen LogP contribution >= 0.6 is 11.3 Å². The Balaban J connectivity index is 1.69. The van der Waals surface area contributed by atoms with Gasteiger partial charge >= 0.3 is 12.1 Å². The van der Waals surface area contributed by atoms with E-state index in [0.29, 0.717) is 17.1 Å². The van der Waals surface area contributed by atoms with E-state index in [4.69, 9.17) is 0 Å². The quantitative estimate of drug-likeness (QED) is 0.279. The van der Waals surface area contributed by atoms with Crippen LogP contribution in [0.2, 0.25) is 0 Å². The first-order valence-corrected chi connectivity index (χ1v) is 13.7. The fourth-order valence-electron chi connectivity index (χ4n) is 5.02. The molecule has 3 aromatic rings. The van der Waals surface area contributed by atoms with Crippen molar-refractivity contribution in [3.05, 3.63) is 59.0 Å². The Morgan fingerprint density at radius 2 is 1.90 bits per heavy atom. The zero-order chi connectivity index (χ0) is 29.5. The number of anilines is 2. The third kappa shape index (κ3) is 6.87. The first-order chi connectivity index (χ1) is 18.5. The molecule has 2 aromatic heterocycles. The van der Waals surface area contributed by atoms with Gasteiger partial charge in [0.15, 0.2) is 0 Å². The number of hydrogen-bond acceptors (Lipinski definition) is 7. The lowest BCUT2D eigenvalue weighted by Crippen LogP contribution is -2.44. The molecule has 11 heteroatoms. The van der Waals surface area contributed by atoms with Crippen molar-refractivity contribution < 1.29 is 28.2 Å². The lowest BCUT2D eigenvalue weighted by Gasteiger charge is -2.44. The van der Waals surface area contributed by atoms with Crippen molar-refractivity contribution in [2.75, 3.05) is 5.32 Å². The number of nitrogens with one attached hydrogen (secondary N) is 1.